The number of aliphatic hydroxyl groups excluding tert-OH is 1. The Kier molecular flexibility index (Phi) is 5.47. The minimum atomic E-state index is -4.07. The van der Waals surface area contributed by atoms with Gasteiger partial charge < -0.3 is 10.4 Å². The number of carbonyl (C=O) groups is 1. The van der Waals surface area contributed by atoms with E-state index in [-0.39, 0.29) is 41.6 Å². The number of nitrogens with zero attached hydrogens (tertiary/aromatic N) is 2. The first-order chi connectivity index (χ1) is 12.8. The van der Waals surface area contributed by atoms with Crippen LogP contribution in [0.3, 0.4) is 0 Å². The fraction of sp³-hybridized carbons (Fsp3) is 0.176. The number of aliphatic hydroxyl groups is 1. The summed E-state index contributed by atoms with van der Waals surface area (Å²) in [4.78, 5) is 12.1. The molecule has 4 N–H and O–H groups in total. The number of sulfonamides is 1. The standard InChI is InChI=1S/C17H17ClN4O4S/c18-14-4-2-1-3-11(14)8-16(24)20-13-7-12-10-22(5-6-23)21-17(12)15(9-13)27(19,25)26/h1-4,7,9-10,23H,5-6,8H2,(H,20,24)(H2,19,25,26). The highest BCUT2D eigenvalue weighted by Crippen LogP contribution is 2.26. The number of benzene rings is 2. The molecule has 0 fully saturated rings. The van der Waals surface area contributed by atoms with Crippen LogP contribution >= 0.6 is 11.6 Å². The molecular formula is C17H17ClN4O4S. The maximum atomic E-state index is 12.3. The molecule has 1 amide bonds. The van der Waals surface area contributed by atoms with Gasteiger partial charge in [0, 0.05) is 22.3 Å². The second-order valence-electron chi connectivity index (χ2n) is 5.89. The second-order valence-corrected chi connectivity index (χ2v) is 7.83. The zero-order chi connectivity index (χ0) is 19.6. The Bertz CT molecular complexity index is 1110. The highest BCUT2D eigenvalue weighted by molar-refractivity contribution is 7.89. The topological polar surface area (TPSA) is 127 Å². The lowest BCUT2D eigenvalue weighted by atomic mass is 10.1. The van der Waals surface area contributed by atoms with Gasteiger partial charge in [0.25, 0.3) is 0 Å². The number of hydrogen-bond donors (Lipinski definition) is 3. The molecule has 1 heterocycles. The number of anilines is 1. The van der Waals surface area contributed by atoms with Crippen molar-refractivity contribution < 1.29 is 18.3 Å². The van der Waals surface area contributed by atoms with Gasteiger partial charge in [0.1, 0.15) is 10.4 Å². The molecule has 0 saturated carbocycles. The first-order valence-electron chi connectivity index (χ1n) is 7.96. The number of nitrogens with two attached hydrogens (primary N) is 1. The van der Waals surface area contributed by atoms with Crippen molar-refractivity contribution in [2.24, 2.45) is 5.14 Å². The number of primary sulfonamides is 1. The summed E-state index contributed by atoms with van der Waals surface area (Å²) in [6, 6.07) is 9.81. The van der Waals surface area contributed by atoms with Crippen LogP contribution in [0.4, 0.5) is 5.69 Å². The SMILES string of the molecule is NS(=O)(=O)c1cc(NC(=O)Cc2ccccc2Cl)cc2cn(CCO)nc12. The Morgan fingerprint density at radius 3 is 2.70 bits per heavy atom. The molecule has 0 unspecified atom stereocenters. The molecule has 142 valence electrons. The highest BCUT2D eigenvalue weighted by atomic mass is 35.5. The first kappa shape index (κ1) is 19.3. The van der Waals surface area contributed by atoms with Gasteiger partial charge in [-0.2, -0.15) is 5.10 Å². The van der Waals surface area contributed by atoms with Crippen molar-refractivity contribution >= 4 is 44.1 Å². The molecule has 0 aliphatic heterocycles. The van der Waals surface area contributed by atoms with E-state index >= 15 is 0 Å². The Hall–Kier alpha value is -2.46. The third-order valence-electron chi connectivity index (χ3n) is 3.85. The molecule has 0 saturated heterocycles. The van der Waals surface area contributed by atoms with E-state index in [1.807, 2.05) is 0 Å². The summed E-state index contributed by atoms with van der Waals surface area (Å²) in [5.41, 5.74) is 1.10. The predicted molar refractivity (Wildman–Crippen MR) is 102 cm³/mol. The number of carbonyl (C=O) groups excluding carboxylic acids is 1. The normalized spacial score (nSPS) is 11.7. The van der Waals surface area contributed by atoms with Crippen molar-refractivity contribution in [3.63, 3.8) is 0 Å². The van der Waals surface area contributed by atoms with Crippen LogP contribution in [0.1, 0.15) is 5.56 Å². The molecule has 0 bridgehead atoms. The maximum Gasteiger partial charge on any atom is 0.240 e. The molecule has 0 aliphatic rings. The van der Waals surface area contributed by atoms with E-state index in [9.17, 15) is 13.2 Å². The van der Waals surface area contributed by atoms with Gasteiger partial charge in [-0.1, -0.05) is 29.8 Å². The summed E-state index contributed by atoms with van der Waals surface area (Å²) in [6.45, 7) is 0.0487. The van der Waals surface area contributed by atoms with E-state index in [2.05, 4.69) is 10.4 Å². The van der Waals surface area contributed by atoms with E-state index in [0.29, 0.717) is 16.0 Å². The summed E-state index contributed by atoms with van der Waals surface area (Å²) in [5.74, 6) is -0.356. The zero-order valence-electron chi connectivity index (χ0n) is 14.1. The van der Waals surface area contributed by atoms with Gasteiger partial charge in [-0.25, -0.2) is 13.6 Å². The minimum absolute atomic E-state index is 0.0339. The van der Waals surface area contributed by atoms with Crippen molar-refractivity contribution in [2.45, 2.75) is 17.9 Å². The van der Waals surface area contributed by atoms with E-state index in [4.69, 9.17) is 21.8 Å². The van der Waals surface area contributed by atoms with Crippen molar-refractivity contribution in [3.05, 3.63) is 53.2 Å². The number of aromatic nitrogens is 2. The lowest BCUT2D eigenvalue weighted by molar-refractivity contribution is -0.115. The number of halogens is 1. The molecule has 0 atom stereocenters. The molecule has 1 aromatic heterocycles. The van der Waals surface area contributed by atoms with Gasteiger partial charge in [-0.3, -0.25) is 9.48 Å². The van der Waals surface area contributed by atoms with Crippen LogP contribution in [0.15, 0.2) is 47.5 Å². The second kappa shape index (κ2) is 7.65. The molecular weight excluding hydrogens is 392 g/mol. The van der Waals surface area contributed by atoms with Crippen molar-refractivity contribution in [3.8, 4) is 0 Å². The average molecular weight is 409 g/mol. The lowest BCUT2D eigenvalue weighted by Crippen LogP contribution is -2.17. The van der Waals surface area contributed by atoms with Gasteiger partial charge in [-0.15, -0.1) is 0 Å². The summed E-state index contributed by atoms with van der Waals surface area (Å²) >= 11 is 6.06. The summed E-state index contributed by atoms with van der Waals surface area (Å²) < 4.78 is 25.3. The van der Waals surface area contributed by atoms with Crippen molar-refractivity contribution in [2.75, 3.05) is 11.9 Å². The van der Waals surface area contributed by atoms with Crippen LogP contribution in [0.25, 0.3) is 10.9 Å². The summed E-state index contributed by atoms with van der Waals surface area (Å²) in [6.07, 6.45) is 1.61. The van der Waals surface area contributed by atoms with Gasteiger partial charge in [0.05, 0.1) is 19.6 Å². The third kappa shape index (κ3) is 4.45. The number of amides is 1. The Balaban J connectivity index is 1.94. The quantitative estimate of drug-likeness (QED) is 0.569. The molecule has 2 aromatic carbocycles. The fourth-order valence-corrected chi connectivity index (χ4v) is 3.60. The Labute approximate surface area is 160 Å². The minimum Gasteiger partial charge on any atom is -0.394 e. The van der Waals surface area contributed by atoms with Crippen LogP contribution < -0.4 is 10.5 Å². The van der Waals surface area contributed by atoms with Crippen LogP contribution in [0, 0.1) is 0 Å². The molecule has 27 heavy (non-hydrogen) atoms. The summed E-state index contributed by atoms with van der Waals surface area (Å²) in [5, 5.41) is 22.1. The van der Waals surface area contributed by atoms with E-state index in [1.165, 1.54) is 10.7 Å². The number of hydrogen-bond acceptors (Lipinski definition) is 5. The van der Waals surface area contributed by atoms with Crippen molar-refractivity contribution in [1.29, 1.82) is 0 Å². The van der Waals surface area contributed by atoms with Crippen LogP contribution in [-0.2, 0) is 27.8 Å². The number of fused-ring (bicyclic) bond motifs is 1. The fourth-order valence-electron chi connectivity index (χ4n) is 2.68. The van der Waals surface area contributed by atoms with Gasteiger partial charge in [-0.05, 0) is 23.8 Å². The molecule has 3 rings (SSSR count). The smallest absolute Gasteiger partial charge is 0.240 e. The van der Waals surface area contributed by atoms with Gasteiger partial charge in [0.2, 0.25) is 15.9 Å². The highest BCUT2D eigenvalue weighted by Gasteiger charge is 2.18. The number of nitrogens with one attached hydrogen (secondary N) is 1. The van der Waals surface area contributed by atoms with Crippen LogP contribution in [0.2, 0.25) is 5.02 Å². The monoisotopic (exact) mass is 408 g/mol. The van der Waals surface area contributed by atoms with Crippen molar-refractivity contribution in [1.82, 2.24) is 9.78 Å². The zero-order valence-corrected chi connectivity index (χ0v) is 15.7. The molecule has 0 radical (unpaired) electrons. The Morgan fingerprint density at radius 1 is 1.30 bits per heavy atom. The summed E-state index contributed by atoms with van der Waals surface area (Å²) in [7, 11) is -4.07. The molecule has 10 heteroatoms. The van der Waals surface area contributed by atoms with Crippen LogP contribution in [-0.4, -0.2) is 35.8 Å². The van der Waals surface area contributed by atoms with Crippen LogP contribution in [0.5, 0.6) is 0 Å². The van der Waals surface area contributed by atoms with Gasteiger partial charge >= 0.3 is 0 Å². The van der Waals surface area contributed by atoms with E-state index < -0.39 is 10.0 Å². The third-order valence-corrected chi connectivity index (χ3v) is 5.14. The molecule has 0 aliphatic carbocycles. The van der Waals surface area contributed by atoms with E-state index in [1.54, 1.807) is 36.5 Å². The van der Waals surface area contributed by atoms with E-state index in [0.717, 1.165) is 0 Å². The predicted octanol–water partition coefficient (Wildman–Crippen LogP) is 1.51. The molecule has 0 spiro atoms. The maximum absolute atomic E-state index is 12.3. The molecule has 8 nitrogen and oxygen atoms in total. The van der Waals surface area contributed by atoms with Gasteiger partial charge in [0.15, 0.2) is 0 Å². The number of rotatable bonds is 6. The Morgan fingerprint density at radius 2 is 2.04 bits per heavy atom. The largest absolute Gasteiger partial charge is 0.394 e. The lowest BCUT2D eigenvalue weighted by Gasteiger charge is -2.08. The molecule has 3 aromatic rings. The first-order valence-corrected chi connectivity index (χ1v) is 9.88. The average Bonchev–Trinajstić information content (AvgIpc) is 2.98.